The number of piperazine rings is 1. The first kappa shape index (κ1) is 18.2. The molecule has 1 N–H and O–H groups in total. The Morgan fingerprint density at radius 1 is 1.24 bits per heavy atom. The Kier molecular flexibility index (Phi) is 6.34. The van der Waals surface area contributed by atoms with Crippen molar-refractivity contribution in [3.63, 3.8) is 0 Å². The van der Waals surface area contributed by atoms with Crippen LogP contribution in [-0.2, 0) is 6.54 Å². The third-order valence-electron chi connectivity index (χ3n) is 4.40. The van der Waals surface area contributed by atoms with Crippen LogP contribution in [0.5, 0.6) is 5.75 Å². The van der Waals surface area contributed by atoms with Crippen LogP contribution in [0.4, 0.5) is 0 Å². The Balaban J connectivity index is 1.56. The van der Waals surface area contributed by atoms with Gasteiger partial charge in [-0.25, -0.2) is 0 Å². The van der Waals surface area contributed by atoms with Crippen LogP contribution in [0.2, 0.25) is 5.02 Å². The summed E-state index contributed by atoms with van der Waals surface area (Å²) in [4.78, 5) is 1.54. The zero-order valence-corrected chi connectivity index (χ0v) is 16.6. The Morgan fingerprint density at radius 3 is 2.72 bits per heavy atom. The molecule has 0 aromatic heterocycles. The highest BCUT2D eigenvalue weighted by Gasteiger charge is 2.19. The van der Waals surface area contributed by atoms with E-state index in [0.717, 1.165) is 53.5 Å². The number of quaternary nitrogens is 1. The summed E-state index contributed by atoms with van der Waals surface area (Å²) in [5.74, 6) is 0.829. The highest BCUT2D eigenvalue weighted by molar-refractivity contribution is 9.10. The fourth-order valence-corrected chi connectivity index (χ4v) is 3.55. The van der Waals surface area contributed by atoms with E-state index in [1.54, 1.807) is 12.0 Å². The molecule has 4 nitrogen and oxygen atoms in total. The molecule has 0 aliphatic carbocycles. The number of methoxy groups -OCH3 is 1. The van der Waals surface area contributed by atoms with Crippen molar-refractivity contribution in [3.05, 3.63) is 63.1 Å². The lowest BCUT2D eigenvalue weighted by molar-refractivity contribution is -0.918. The molecule has 2 aromatic carbocycles. The minimum absolute atomic E-state index is 0.829. The normalized spacial score (nSPS) is 15.7. The molecule has 0 unspecified atom stereocenters. The molecular formula is C19H22BrClN3O+. The maximum absolute atomic E-state index is 6.27. The summed E-state index contributed by atoms with van der Waals surface area (Å²) >= 11 is 9.76. The Bertz CT molecular complexity index is 745. The molecule has 0 spiro atoms. The van der Waals surface area contributed by atoms with Gasteiger partial charge in [-0.3, -0.25) is 5.01 Å². The number of hydrogen-bond donors (Lipinski definition) is 1. The summed E-state index contributed by atoms with van der Waals surface area (Å²) < 4.78 is 6.41. The number of halogens is 2. The topological polar surface area (TPSA) is 29.3 Å². The standard InChI is InChI=1S/C19H21BrClN3O/c1-25-19-7-6-17(20)12-16(19)13-22-24-10-8-23(9-11-24)14-15-4-2-3-5-18(15)21/h2-7,12-13H,8-11,14H2,1H3/p+1/b22-13+. The van der Waals surface area contributed by atoms with Crippen LogP contribution in [0.1, 0.15) is 11.1 Å². The fourth-order valence-electron chi connectivity index (χ4n) is 2.96. The van der Waals surface area contributed by atoms with Crippen LogP contribution in [0, 0.1) is 0 Å². The molecule has 0 amide bonds. The van der Waals surface area contributed by atoms with Crippen molar-refractivity contribution in [1.82, 2.24) is 5.01 Å². The number of hydrazone groups is 1. The quantitative estimate of drug-likeness (QED) is 0.749. The van der Waals surface area contributed by atoms with E-state index in [4.69, 9.17) is 16.3 Å². The summed E-state index contributed by atoms with van der Waals surface area (Å²) in [5.41, 5.74) is 2.19. The van der Waals surface area contributed by atoms with Crippen molar-refractivity contribution in [3.8, 4) is 5.75 Å². The minimum atomic E-state index is 0.829. The van der Waals surface area contributed by atoms with Crippen LogP contribution in [0.25, 0.3) is 0 Å². The lowest BCUT2D eigenvalue weighted by atomic mass is 10.2. The van der Waals surface area contributed by atoms with Crippen LogP contribution in [-0.4, -0.2) is 44.5 Å². The van der Waals surface area contributed by atoms with E-state index in [0.29, 0.717) is 0 Å². The molecule has 25 heavy (non-hydrogen) atoms. The number of benzene rings is 2. The first-order valence-corrected chi connectivity index (χ1v) is 9.52. The van der Waals surface area contributed by atoms with Gasteiger partial charge in [0.25, 0.3) is 0 Å². The van der Waals surface area contributed by atoms with Crippen molar-refractivity contribution < 1.29 is 9.64 Å². The van der Waals surface area contributed by atoms with E-state index in [1.165, 1.54) is 5.56 Å². The van der Waals surface area contributed by atoms with Gasteiger partial charge in [-0.05, 0) is 24.3 Å². The zero-order valence-electron chi connectivity index (χ0n) is 14.2. The Labute approximate surface area is 162 Å². The second-order valence-electron chi connectivity index (χ2n) is 6.10. The third-order valence-corrected chi connectivity index (χ3v) is 5.26. The van der Waals surface area contributed by atoms with Gasteiger partial charge in [0, 0.05) is 20.6 Å². The van der Waals surface area contributed by atoms with Gasteiger partial charge in [0.05, 0.1) is 39.5 Å². The average molecular weight is 424 g/mol. The van der Waals surface area contributed by atoms with E-state index >= 15 is 0 Å². The third kappa shape index (κ3) is 4.97. The van der Waals surface area contributed by atoms with Gasteiger partial charge in [-0.2, -0.15) is 5.10 Å². The van der Waals surface area contributed by atoms with Gasteiger partial charge in [0.1, 0.15) is 12.3 Å². The van der Waals surface area contributed by atoms with Crippen molar-refractivity contribution in [2.24, 2.45) is 5.10 Å². The molecule has 1 aliphatic rings. The Morgan fingerprint density at radius 2 is 2.00 bits per heavy atom. The van der Waals surface area contributed by atoms with Crippen molar-refractivity contribution in [1.29, 1.82) is 0 Å². The van der Waals surface area contributed by atoms with Crippen molar-refractivity contribution in [2.45, 2.75) is 6.54 Å². The molecule has 2 aromatic rings. The van der Waals surface area contributed by atoms with Gasteiger partial charge in [-0.15, -0.1) is 0 Å². The van der Waals surface area contributed by atoms with E-state index in [-0.39, 0.29) is 0 Å². The van der Waals surface area contributed by atoms with Gasteiger partial charge in [0.15, 0.2) is 0 Å². The molecule has 1 aliphatic heterocycles. The lowest BCUT2D eigenvalue weighted by Crippen LogP contribution is -3.13. The molecule has 1 saturated heterocycles. The van der Waals surface area contributed by atoms with Gasteiger partial charge < -0.3 is 9.64 Å². The molecule has 0 atom stereocenters. The molecular weight excluding hydrogens is 402 g/mol. The van der Waals surface area contributed by atoms with Crippen LogP contribution < -0.4 is 9.64 Å². The zero-order chi connectivity index (χ0) is 17.6. The molecule has 1 fully saturated rings. The SMILES string of the molecule is COc1ccc(Br)cc1/C=N/N1CC[NH+](Cc2ccccc2Cl)CC1. The second kappa shape index (κ2) is 8.70. The summed E-state index contributed by atoms with van der Waals surface area (Å²) in [6.07, 6.45) is 1.88. The second-order valence-corrected chi connectivity index (χ2v) is 7.43. The van der Waals surface area contributed by atoms with E-state index in [9.17, 15) is 0 Å². The largest absolute Gasteiger partial charge is 0.496 e. The number of nitrogens with zero attached hydrogens (tertiary/aromatic N) is 2. The minimum Gasteiger partial charge on any atom is -0.496 e. The Hall–Kier alpha value is -1.56. The van der Waals surface area contributed by atoms with E-state index in [2.05, 4.69) is 32.1 Å². The number of ether oxygens (including phenoxy) is 1. The van der Waals surface area contributed by atoms with Gasteiger partial charge in [-0.1, -0.05) is 45.7 Å². The highest BCUT2D eigenvalue weighted by Crippen LogP contribution is 2.21. The predicted octanol–water partition coefficient (Wildman–Crippen LogP) is 2.85. The molecule has 0 radical (unpaired) electrons. The summed E-state index contributed by atoms with van der Waals surface area (Å²) in [6, 6.07) is 14.0. The first-order chi connectivity index (χ1) is 12.2. The van der Waals surface area contributed by atoms with Gasteiger partial charge in [0.2, 0.25) is 0 Å². The number of rotatable bonds is 5. The fraction of sp³-hybridized carbons (Fsp3) is 0.316. The first-order valence-electron chi connectivity index (χ1n) is 8.35. The monoisotopic (exact) mass is 422 g/mol. The maximum Gasteiger partial charge on any atom is 0.127 e. The van der Waals surface area contributed by atoms with Crippen LogP contribution in [0.3, 0.4) is 0 Å². The number of hydrogen-bond acceptors (Lipinski definition) is 3. The number of nitrogens with one attached hydrogen (secondary N) is 1. The summed E-state index contributed by atoms with van der Waals surface area (Å²) in [7, 11) is 1.68. The molecule has 132 valence electrons. The molecule has 1 heterocycles. The van der Waals surface area contributed by atoms with Crippen LogP contribution >= 0.6 is 27.5 Å². The summed E-state index contributed by atoms with van der Waals surface area (Å²) in [5, 5.41) is 7.61. The maximum atomic E-state index is 6.27. The summed E-state index contributed by atoms with van der Waals surface area (Å²) in [6.45, 7) is 4.95. The average Bonchev–Trinajstić information content (AvgIpc) is 2.63. The lowest BCUT2D eigenvalue weighted by Gasteiger charge is -2.30. The van der Waals surface area contributed by atoms with E-state index in [1.807, 2.05) is 42.6 Å². The van der Waals surface area contributed by atoms with Crippen molar-refractivity contribution in [2.75, 3.05) is 33.3 Å². The molecule has 0 saturated carbocycles. The molecule has 6 heteroatoms. The smallest absolute Gasteiger partial charge is 0.127 e. The molecule has 0 bridgehead atoms. The van der Waals surface area contributed by atoms with Crippen molar-refractivity contribution >= 4 is 33.7 Å². The van der Waals surface area contributed by atoms with Gasteiger partial charge >= 0.3 is 0 Å². The van der Waals surface area contributed by atoms with E-state index < -0.39 is 0 Å². The highest BCUT2D eigenvalue weighted by atomic mass is 79.9. The van der Waals surface area contributed by atoms with Crippen LogP contribution in [0.15, 0.2) is 52.0 Å². The molecule has 3 rings (SSSR count). The predicted molar refractivity (Wildman–Crippen MR) is 106 cm³/mol.